The zero-order valence-corrected chi connectivity index (χ0v) is 17.4. The van der Waals surface area contributed by atoms with E-state index in [-0.39, 0.29) is 29.3 Å². The lowest BCUT2D eigenvalue weighted by molar-refractivity contribution is -0.134. The van der Waals surface area contributed by atoms with Crippen molar-refractivity contribution in [3.8, 4) is 0 Å². The standard InChI is InChI=1S/C24H27N3O2/c1-24(2,3)20-15-21(28)26-16-19(22(27(20)26)17-11-7-5-8-12-17)23(29)25(4)18-13-9-6-10-14-18/h5-14,16,20,22H,15H2,1-4H3/t20-,22-/m1/s1. The van der Waals surface area contributed by atoms with E-state index in [9.17, 15) is 9.59 Å². The average molecular weight is 389 g/mol. The number of carbonyl (C=O) groups is 2. The molecule has 2 amide bonds. The maximum absolute atomic E-state index is 13.5. The van der Waals surface area contributed by atoms with Crippen molar-refractivity contribution in [3.05, 3.63) is 78.0 Å². The van der Waals surface area contributed by atoms with Crippen molar-refractivity contribution in [1.82, 2.24) is 10.0 Å². The summed E-state index contributed by atoms with van der Waals surface area (Å²) in [6.45, 7) is 6.44. The van der Waals surface area contributed by atoms with E-state index in [0.717, 1.165) is 11.3 Å². The summed E-state index contributed by atoms with van der Waals surface area (Å²) in [5, 5.41) is 3.77. The van der Waals surface area contributed by atoms with Crippen LogP contribution in [0, 0.1) is 5.41 Å². The van der Waals surface area contributed by atoms with Gasteiger partial charge in [0, 0.05) is 31.4 Å². The molecule has 2 atom stereocenters. The number of para-hydroxylation sites is 1. The Morgan fingerprint density at radius 3 is 2.17 bits per heavy atom. The van der Waals surface area contributed by atoms with Crippen molar-refractivity contribution >= 4 is 17.5 Å². The van der Waals surface area contributed by atoms with Gasteiger partial charge in [0.2, 0.25) is 5.91 Å². The van der Waals surface area contributed by atoms with Crippen molar-refractivity contribution in [3.63, 3.8) is 0 Å². The molecule has 2 aromatic carbocycles. The number of nitrogens with zero attached hydrogens (tertiary/aromatic N) is 3. The van der Waals surface area contributed by atoms with Crippen molar-refractivity contribution in [2.45, 2.75) is 39.3 Å². The second-order valence-corrected chi connectivity index (χ2v) is 8.80. The molecule has 2 heterocycles. The largest absolute Gasteiger partial charge is 0.312 e. The first-order chi connectivity index (χ1) is 13.8. The SMILES string of the molecule is CN(C(=O)C1=CN2C(=O)C[C@H](C(C)(C)C)N2[C@@H]1c1ccccc1)c1ccccc1. The Morgan fingerprint density at radius 1 is 1.00 bits per heavy atom. The number of likely N-dealkylation sites (N-methyl/N-ethyl adjacent to an activating group) is 1. The molecule has 29 heavy (non-hydrogen) atoms. The molecule has 2 aliphatic heterocycles. The molecule has 5 heteroatoms. The van der Waals surface area contributed by atoms with Gasteiger partial charge in [0.15, 0.2) is 0 Å². The summed E-state index contributed by atoms with van der Waals surface area (Å²) in [4.78, 5) is 28.0. The van der Waals surface area contributed by atoms with Crippen LogP contribution < -0.4 is 4.90 Å². The Bertz CT molecular complexity index is 947. The number of hydrogen-bond donors (Lipinski definition) is 0. The van der Waals surface area contributed by atoms with E-state index in [4.69, 9.17) is 0 Å². The third-order valence-electron chi connectivity index (χ3n) is 5.82. The maximum atomic E-state index is 13.5. The van der Waals surface area contributed by atoms with Crippen LogP contribution in [0.15, 0.2) is 72.4 Å². The highest BCUT2D eigenvalue weighted by atomic mass is 16.2. The summed E-state index contributed by atoms with van der Waals surface area (Å²) in [6.07, 6.45) is 2.20. The lowest BCUT2D eigenvalue weighted by Crippen LogP contribution is -2.45. The van der Waals surface area contributed by atoms with E-state index < -0.39 is 0 Å². The first-order valence-electron chi connectivity index (χ1n) is 9.99. The molecular formula is C24H27N3O2. The molecule has 4 rings (SSSR count). The summed E-state index contributed by atoms with van der Waals surface area (Å²) in [7, 11) is 1.78. The van der Waals surface area contributed by atoms with Crippen LogP contribution in [-0.4, -0.2) is 34.9 Å². The van der Waals surface area contributed by atoms with Crippen molar-refractivity contribution in [2.75, 3.05) is 11.9 Å². The molecule has 0 saturated carbocycles. The molecule has 0 aromatic heterocycles. The minimum Gasteiger partial charge on any atom is -0.312 e. The third-order valence-corrected chi connectivity index (χ3v) is 5.82. The number of rotatable bonds is 3. The van der Waals surface area contributed by atoms with Crippen molar-refractivity contribution in [1.29, 1.82) is 0 Å². The molecule has 0 bridgehead atoms. The fourth-order valence-corrected chi connectivity index (χ4v) is 4.22. The Hall–Kier alpha value is -2.92. The number of hydrazine groups is 1. The lowest BCUT2D eigenvalue weighted by atomic mass is 9.83. The lowest BCUT2D eigenvalue weighted by Gasteiger charge is -2.38. The van der Waals surface area contributed by atoms with Crippen LogP contribution in [-0.2, 0) is 9.59 Å². The molecule has 1 saturated heterocycles. The van der Waals surface area contributed by atoms with Crippen LogP contribution in [0.25, 0.3) is 0 Å². The fraction of sp³-hybridized carbons (Fsp3) is 0.333. The summed E-state index contributed by atoms with van der Waals surface area (Å²) < 4.78 is 0. The van der Waals surface area contributed by atoms with Gasteiger partial charge >= 0.3 is 0 Å². The monoisotopic (exact) mass is 389 g/mol. The van der Waals surface area contributed by atoms with Crippen LogP contribution in [0.4, 0.5) is 5.69 Å². The third kappa shape index (κ3) is 3.36. The summed E-state index contributed by atoms with van der Waals surface area (Å²) in [5.41, 5.74) is 2.35. The number of anilines is 1. The second kappa shape index (κ2) is 7.16. The van der Waals surface area contributed by atoms with Gasteiger partial charge in [-0.1, -0.05) is 69.3 Å². The smallest absolute Gasteiger partial charge is 0.257 e. The molecule has 2 aromatic rings. The molecule has 150 valence electrons. The zero-order chi connectivity index (χ0) is 20.8. The molecule has 0 spiro atoms. The van der Waals surface area contributed by atoms with Crippen LogP contribution in [0.1, 0.15) is 38.8 Å². The zero-order valence-electron chi connectivity index (χ0n) is 17.4. The minimum atomic E-state index is -0.287. The number of fused-ring (bicyclic) bond motifs is 1. The summed E-state index contributed by atoms with van der Waals surface area (Å²) in [6, 6.07) is 19.3. The van der Waals surface area contributed by atoms with E-state index in [0.29, 0.717) is 12.0 Å². The number of amides is 2. The summed E-state index contributed by atoms with van der Waals surface area (Å²) >= 11 is 0. The molecule has 0 unspecified atom stereocenters. The first kappa shape index (κ1) is 19.4. The van der Waals surface area contributed by atoms with Crippen molar-refractivity contribution in [2.24, 2.45) is 5.41 Å². The second-order valence-electron chi connectivity index (χ2n) is 8.80. The summed E-state index contributed by atoms with van der Waals surface area (Å²) in [5.74, 6) is -0.0593. The van der Waals surface area contributed by atoms with Crippen molar-refractivity contribution < 1.29 is 9.59 Å². The normalized spacial score (nSPS) is 21.9. The molecule has 0 N–H and O–H groups in total. The maximum Gasteiger partial charge on any atom is 0.257 e. The molecule has 1 fully saturated rings. The Balaban J connectivity index is 1.77. The van der Waals surface area contributed by atoms with Gasteiger partial charge in [-0.25, -0.2) is 5.01 Å². The topological polar surface area (TPSA) is 43.9 Å². The van der Waals surface area contributed by atoms with Gasteiger partial charge in [-0.3, -0.25) is 9.59 Å². The van der Waals surface area contributed by atoms with Gasteiger partial charge in [-0.15, -0.1) is 0 Å². The molecule has 2 aliphatic rings. The molecular weight excluding hydrogens is 362 g/mol. The average Bonchev–Trinajstić information content (AvgIpc) is 3.26. The predicted octanol–water partition coefficient (Wildman–Crippen LogP) is 4.15. The van der Waals surface area contributed by atoms with Crippen LogP contribution >= 0.6 is 0 Å². The van der Waals surface area contributed by atoms with E-state index in [1.54, 1.807) is 23.2 Å². The van der Waals surface area contributed by atoms with Gasteiger partial charge in [-0.05, 0) is 23.1 Å². The highest BCUT2D eigenvalue weighted by Crippen LogP contribution is 2.47. The van der Waals surface area contributed by atoms with Gasteiger partial charge < -0.3 is 4.90 Å². The minimum absolute atomic E-state index is 0.0174. The number of hydrogen-bond acceptors (Lipinski definition) is 3. The highest BCUT2D eigenvalue weighted by molar-refractivity contribution is 6.07. The first-order valence-corrected chi connectivity index (χ1v) is 9.99. The molecule has 0 aliphatic carbocycles. The number of carbonyl (C=O) groups excluding carboxylic acids is 2. The van der Waals surface area contributed by atoms with Crippen LogP contribution in [0.5, 0.6) is 0 Å². The van der Waals surface area contributed by atoms with Gasteiger partial charge in [0.05, 0.1) is 11.6 Å². The predicted molar refractivity (Wildman–Crippen MR) is 114 cm³/mol. The fourth-order valence-electron chi connectivity index (χ4n) is 4.22. The van der Waals surface area contributed by atoms with E-state index >= 15 is 0 Å². The molecule has 0 radical (unpaired) electrons. The van der Waals surface area contributed by atoms with E-state index in [1.165, 1.54) is 0 Å². The quantitative estimate of drug-likeness (QED) is 0.792. The number of benzene rings is 2. The van der Waals surface area contributed by atoms with Gasteiger partial charge in [0.1, 0.15) is 0 Å². The van der Waals surface area contributed by atoms with Crippen LogP contribution in [0.3, 0.4) is 0 Å². The van der Waals surface area contributed by atoms with E-state index in [1.807, 2.05) is 60.7 Å². The van der Waals surface area contributed by atoms with Gasteiger partial charge in [-0.2, -0.15) is 5.01 Å². The van der Waals surface area contributed by atoms with E-state index in [2.05, 4.69) is 25.8 Å². The molecule has 5 nitrogen and oxygen atoms in total. The Kier molecular flexibility index (Phi) is 4.79. The Morgan fingerprint density at radius 2 is 1.59 bits per heavy atom. The highest BCUT2D eigenvalue weighted by Gasteiger charge is 2.52. The Labute approximate surface area is 172 Å². The van der Waals surface area contributed by atoms with Gasteiger partial charge in [0.25, 0.3) is 5.91 Å². The van der Waals surface area contributed by atoms with Crippen LogP contribution in [0.2, 0.25) is 0 Å².